The Morgan fingerprint density at radius 2 is 1.96 bits per heavy atom. The summed E-state index contributed by atoms with van der Waals surface area (Å²) < 4.78 is 2.28. The van der Waals surface area contributed by atoms with Crippen molar-refractivity contribution in [3.8, 4) is 0 Å². The summed E-state index contributed by atoms with van der Waals surface area (Å²) in [4.78, 5) is 14.9. The van der Waals surface area contributed by atoms with E-state index in [1.54, 1.807) is 0 Å². The van der Waals surface area contributed by atoms with Crippen molar-refractivity contribution in [1.82, 2.24) is 25.0 Å². The lowest BCUT2D eigenvalue weighted by Crippen LogP contribution is -2.45. The average Bonchev–Trinajstić information content (AvgIpc) is 2.97. The minimum atomic E-state index is -0.263. The second-order valence-electron chi connectivity index (χ2n) is 8.35. The molecule has 2 aliphatic rings. The molecular formula is C18H31N5O. The highest BCUT2D eigenvalue weighted by Gasteiger charge is 2.35. The molecule has 0 saturated carbocycles. The average molecular weight is 333 g/mol. The number of rotatable bonds is 4. The molecule has 3 heterocycles. The number of fused-ring (bicyclic) bond motifs is 1. The molecule has 1 aromatic rings. The van der Waals surface area contributed by atoms with Crippen molar-refractivity contribution in [3.63, 3.8) is 0 Å². The zero-order chi connectivity index (χ0) is 17.3. The number of aromatic nitrogens is 3. The smallest absolute Gasteiger partial charge is 0.228 e. The van der Waals surface area contributed by atoms with Crippen LogP contribution in [0.5, 0.6) is 0 Å². The van der Waals surface area contributed by atoms with Crippen LogP contribution in [0.3, 0.4) is 0 Å². The molecule has 1 N–H and O–H groups in total. The molecule has 1 amide bonds. The predicted octanol–water partition coefficient (Wildman–Crippen LogP) is 2.16. The Bertz CT molecular complexity index is 584. The number of carbonyl (C=O) groups is 1. The largest absolute Gasteiger partial charge is 0.342 e. The molecule has 0 radical (unpaired) electrons. The number of hydrogen-bond acceptors (Lipinski definition) is 4. The van der Waals surface area contributed by atoms with Crippen LogP contribution in [-0.4, -0.2) is 45.2 Å². The fourth-order valence-corrected chi connectivity index (χ4v) is 4.29. The first-order chi connectivity index (χ1) is 11.4. The van der Waals surface area contributed by atoms with Gasteiger partial charge in [-0.05, 0) is 25.2 Å². The second kappa shape index (κ2) is 6.82. The fourth-order valence-electron chi connectivity index (χ4n) is 4.29. The lowest BCUT2D eigenvalue weighted by molar-refractivity contribution is -0.142. The number of amides is 1. The first kappa shape index (κ1) is 17.4. The number of nitrogens with one attached hydrogen (secondary N) is 1. The second-order valence-corrected chi connectivity index (χ2v) is 8.35. The van der Waals surface area contributed by atoms with Crippen LogP contribution in [0, 0.1) is 11.3 Å². The molecular weight excluding hydrogens is 302 g/mol. The molecule has 1 fully saturated rings. The molecule has 0 unspecified atom stereocenters. The summed E-state index contributed by atoms with van der Waals surface area (Å²) in [6.07, 6.45) is 2.93. The van der Waals surface area contributed by atoms with Crippen molar-refractivity contribution < 1.29 is 4.79 Å². The van der Waals surface area contributed by atoms with Crippen LogP contribution in [0.1, 0.15) is 64.5 Å². The SMILES string of the molecule is CC(C)CC(C)(C)C(=O)N1CCC(c2nnc3n2CCNC3)CC1. The minimum Gasteiger partial charge on any atom is -0.342 e. The van der Waals surface area contributed by atoms with Gasteiger partial charge in [-0.25, -0.2) is 0 Å². The van der Waals surface area contributed by atoms with Crippen molar-refractivity contribution in [2.45, 2.75) is 66.0 Å². The third-order valence-corrected chi connectivity index (χ3v) is 5.30. The van der Waals surface area contributed by atoms with Gasteiger partial charge in [0.1, 0.15) is 11.6 Å². The van der Waals surface area contributed by atoms with Crippen LogP contribution in [-0.2, 0) is 17.9 Å². The Morgan fingerprint density at radius 1 is 1.25 bits per heavy atom. The molecule has 0 spiro atoms. The number of hydrogen-bond donors (Lipinski definition) is 1. The van der Waals surface area contributed by atoms with E-state index < -0.39 is 0 Å². The van der Waals surface area contributed by atoms with Crippen molar-refractivity contribution >= 4 is 5.91 Å². The summed E-state index contributed by atoms with van der Waals surface area (Å²) in [5, 5.41) is 12.1. The highest BCUT2D eigenvalue weighted by molar-refractivity contribution is 5.82. The Morgan fingerprint density at radius 3 is 2.62 bits per heavy atom. The highest BCUT2D eigenvalue weighted by atomic mass is 16.2. The minimum absolute atomic E-state index is 0.263. The van der Waals surface area contributed by atoms with E-state index in [1.807, 2.05) is 0 Å². The van der Waals surface area contributed by atoms with Crippen LogP contribution < -0.4 is 5.32 Å². The van der Waals surface area contributed by atoms with Gasteiger partial charge in [0.05, 0.1) is 6.54 Å². The van der Waals surface area contributed by atoms with Crippen LogP contribution in [0.15, 0.2) is 0 Å². The molecule has 0 bridgehead atoms. The van der Waals surface area contributed by atoms with E-state index in [9.17, 15) is 4.79 Å². The molecule has 0 atom stereocenters. The molecule has 0 aliphatic carbocycles. The zero-order valence-corrected chi connectivity index (χ0v) is 15.5. The molecule has 1 aromatic heterocycles. The van der Waals surface area contributed by atoms with Gasteiger partial charge in [0, 0.05) is 37.5 Å². The quantitative estimate of drug-likeness (QED) is 0.917. The molecule has 24 heavy (non-hydrogen) atoms. The van der Waals surface area contributed by atoms with Gasteiger partial charge in [-0.15, -0.1) is 10.2 Å². The maximum absolute atomic E-state index is 12.9. The Labute approximate surface area is 145 Å². The number of carbonyl (C=O) groups excluding carboxylic acids is 1. The Balaban J connectivity index is 1.62. The Kier molecular flexibility index (Phi) is 4.95. The predicted molar refractivity (Wildman–Crippen MR) is 93.5 cm³/mol. The highest BCUT2D eigenvalue weighted by Crippen LogP contribution is 2.32. The molecule has 0 aromatic carbocycles. The molecule has 3 rings (SSSR count). The maximum atomic E-state index is 12.9. The first-order valence-electron chi connectivity index (χ1n) is 9.30. The molecule has 2 aliphatic heterocycles. The Hall–Kier alpha value is -1.43. The van der Waals surface area contributed by atoms with Crippen LogP contribution in [0.25, 0.3) is 0 Å². The van der Waals surface area contributed by atoms with Gasteiger partial charge in [-0.3, -0.25) is 4.79 Å². The standard InChI is InChI=1S/C18H31N5O/c1-13(2)11-18(3,4)17(24)22-8-5-14(6-9-22)16-21-20-15-12-19-7-10-23(15)16/h13-14,19H,5-12H2,1-4H3. The van der Waals surface area contributed by atoms with E-state index in [1.165, 1.54) is 0 Å². The van der Waals surface area contributed by atoms with Gasteiger partial charge < -0.3 is 14.8 Å². The third kappa shape index (κ3) is 3.48. The normalized spacial score (nSPS) is 19.6. The van der Waals surface area contributed by atoms with Gasteiger partial charge in [0.2, 0.25) is 5.91 Å². The molecule has 6 heteroatoms. The van der Waals surface area contributed by atoms with Crippen molar-refractivity contribution in [3.05, 3.63) is 11.6 Å². The molecule has 6 nitrogen and oxygen atoms in total. The topological polar surface area (TPSA) is 63.1 Å². The fraction of sp³-hybridized carbons (Fsp3) is 0.833. The zero-order valence-electron chi connectivity index (χ0n) is 15.5. The van der Waals surface area contributed by atoms with Gasteiger partial charge >= 0.3 is 0 Å². The van der Waals surface area contributed by atoms with E-state index >= 15 is 0 Å². The van der Waals surface area contributed by atoms with E-state index in [2.05, 4.69) is 52.7 Å². The summed E-state index contributed by atoms with van der Waals surface area (Å²) >= 11 is 0. The lowest BCUT2D eigenvalue weighted by atomic mass is 9.82. The van der Waals surface area contributed by atoms with E-state index in [0.717, 1.165) is 63.6 Å². The summed E-state index contributed by atoms with van der Waals surface area (Å²) in [6.45, 7) is 13.0. The van der Waals surface area contributed by atoms with Gasteiger partial charge in [0.15, 0.2) is 0 Å². The van der Waals surface area contributed by atoms with Crippen LogP contribution >= 0.6 is 0 Å². The van der Waals surface area contributed by atoms with Crippen molar-refractivity contribution in [2.24, 2.45) is 11.3 Å². The maximum Gasteiger partial charge on any atom is 0.228 e. The summed E-state index contributed by atoms with van der Waals surface area (Å²) in [6, 6.07) is 0. The number of likely N-dealkylation sites (tertiary alicyclic amines) is 1. The van der Waals surface area contributed by atoms with Crippen LogP contribution in [0.4, 0.5) is 0 Å². The van der Waals surface area contributed by atoms with E-state index in [0.29, 0.717) is 17.7 Å². The van der Waals surface area contributed by atoms with Gasteiger partial charge in [-0.1, -0.05) is 27.7 Å². The van der Waals surface area contributed by atoms with E-state index in [-0.39, 0.29) is 5.41 Å². The summed E-state index contributed by atoms with van der Waals surface area (Å²) in [5.41, 5.74) is -0.263. The van der Waals surface area contributed by atoms with Gasteiger partial charge in [-0.2, -0.15) is 0 Å². The number of nitrogens with zero attached hydrogens (tertiary/aromatic N) is 4. The third-order valence-electron chi connectivity index (χ3n) is 5.30. The monoisotopic (exact) mass is 333 g/mol. The van der Waals surface area contributed by atoms with Crippen molar-refractivity contribution in [2.75, 3.05) is 19.6 Å². The lowest BCUT2D eigenvalue weighted by Gasteiger charge is -2.37. The summed E-state index contributed by atoms with van der Waals surface area (Å²) in [7, 11) is 0. The van der Waals surface area contributed by atoms with E-state index in [4.69, 9.17) is 0 Å². The number of piperidine rings is 1. The van der Waals surface area contributed by atoms with Gasteiger partial charge in [0.25, 0.3) is 0 Å². The van der Waals surface area contributed by atoms with Crippen molar-refractivity contribution in [1.29, 1.82) is 0 Å². The summed E-state index contributed by atoms with van der Waals surface area (Å²) in [5.74, 6) is 3.45. The molecule has 134 valence electrons. The van der Waals surface area contributed by atoms with Crippen LogP contribution in [0.2, 0.25) is 0 Å². The molecule has 1 saturated heterocycles. The first-order valence-corrected chi connectivity index (χ1v) is 9.30.